The molecular formula is C118H35NO2. The van der Waals surface area contributed by atoms with Crippen LogP contribution >= 0.6 is 0 Å². The average Bonchev–Trinajstić information content (AvgIpc) is 0.759. The van der Waals surface area contributed by atoms with Gasteiger partial charge in [0.15, 0.2) is 0 Å². The van der Waals surface area contributed by atoms with Crippen LogP contribution in [-0.2, 0) is 0 Å². The topological polar surface area (TPSA) is 32.7 Å². The fourth-order valence-electron chi connectivity index (χ4n) is 7.40. The molecule has 0 unspecified atom stereocenters. The molecule has 3 aromatic rings. The molecule has 0 heterocycles. The second-order valence-corrected chi connectivity index (χ2v) is 19.5. The Bertz CT molecular complexity index is 8310. The first-order valence-corrected chi connectivity index (χ1v) is 33.3. The zero-order valence-electron chi connectivity index (χ0n) is 64.7. The molecule has 0 saturated carbocycles. The van der Waals surface area contributed by atoms with Gasteiger partial charge < -0.3 is 14.7 Å². The Kier molecular flexibility index (Phi) is 50.0. The number of phenols is 1. The number of allylic oxidation sites excluding steroid dienone is 1. The largest absolute Gasteiger partial charge is 0.507 e. The molecule has 0 fully saturated rings. The number of aromatic hydroxyl groups is 1. The molecule has 0 bridgehead atoms. The van der Waals surface area contributed by atoms with Crippen LogP contribution < -0.4 is 4.74 Å². The van der Waals surface area contributed by atoms with Crippen molar-refractivity contribution in [2.45, 2.75) is 34.1 Å². The van der Waals surface area contributed by atoms with Crippen molar-refractivity contribution >= 4 is 11.1 Å². The lowest BCUT2D eigenvalue weighted by molar-refractivity contribution is 0.310. The van der Waals surface area contributed by atoms with E-state index in [4.69, 9.17) is 24.0 Å². The van der Waals surface area contributed by atoms with Crippen molar-refractivity contribution in [2.75, 3.05) is 20.7 Å². The van der Waals surface area contributed by atoms with Crippen molar-refractivity contribution in [3.8, 4) is 404 Å². The van der Waals surface area contributed by atoms with E-state index >= 15 is 0 Å². The number of terminal acetylenes is 3. The van der Waals surface area contributed by atoms with Gasteiger partial charge in [-0.2, -0.15) is 0 Å². The number of rotatable bonds is 8. The minimum absolute atomic E-state index is 0.0903. The van der Waals surface area contributed by atoms with Crippen LogP contribution in [0.1, 0.15) is 84.2 Å². The molecule has 0 spiro atoms. The number of phenolic OH excluding ortho intramolecular Hbond substituents is 1. The van der Waals surface area contributed by atoms with E-state index in [-0.39, 0.29) is 41.2 Å². The molecule has 3 aromatic carbocycles. The first-order valence-electron chi connectivity index (χ1n) is 33.3. The Hall–Kier alpha value is -22.8. The molecule has 0 atom stereocenters. The minimum Gasteiger partial charge on any atom is -0.507 e. The van der Waals surface area contributed by atoms with Crippen molar-refractivity contribution in [1.82, 2.24) is 4.90 Å². The summed E-state index contributed by atoms with van der Waals surface area (Å²) < 4.78 is 6.60. The molecule has 3 nitrogen and oxygen atoms in total. The first-order chi connectivity index (χ1) is 59.7. The maximum absolute atomic E-state index is 11.7. The molecule has 0 saturated heterocycles. The van der Waals surface area contributed by atoms with Gasteiger partial charge in [-0.3, -0.25) is 0 Å². The molecule has 0 radical (unpaired) electrons. The van der Waals surface area contributed by atoms with Crippen molar-refractivity contribution in [3.63, 3.8) is 0 Å². The molecule has 0 aliphatic rings. The summed E-state index contributed by atoms with van der Waals surface area (Å²) >= 11 is 0. The summed E-state index contributed by atoms with van der Waals surface area (Å²) in [6.07, 6.45) is 16.3. The summed E-state index contributed by atoms with van der Waals surface area (Å²) in [6, 6.07) is 12.0. The number of benzene rings is 3. The molecule has 0 aliphatic heterocycles. The van der Waals surface area contributed by atoms with Crippen LogP contribution in [0, 0.1) is 392 Å². The minimum atomic E-state index is -0.235. The standard InChI is InChI=1S/C118H35NO2/c1-11-19-26-31-36-41-46-50-52-54-55-56-57-58-60-63-66-71-76-81-87-92-108(119(9)10)104-121-117-102-98-107(103-106(117)91-86-80-75-70-65-62-59-53-51-47-42-37-32-27-20-12-2)118(115-100-101-116(120)114(93-25-17-7)112(115)95-84-24-16-6)109(18-8)113-99-97-105(90-85-79-74-69-64-45-40-35-30-23-15-5)110(94-88-82-77-72-67-49-44-39-34-29-22-14-4)111(113)96-89-83-78-73-68-61-48-43-38-33-28-21-13-3/h2,4,7,97-103,120H,1,18,104H2,3,5-6,8-10H3/b118-109+. The van der Waals surface area contributed by atoms with Crippen LogP contribution in [0.3, 0.4) is 0 Å². The molecule has 121 heavy (non-hydrogen) atoms. The van der Waals surface area contributed by atoms with Crippen LogP contribution in [0.5, 0.6) is 11.5 Å². The third kappa shape index (κ3) is 42.9. The zero-order valence-corrected chi connectivity index (χ0v) is 64.7. The molecule has 3 heteroatoms. The summed E-state index contributed by atoms with van der Waals surface area (Å²) in [5.41, 5.74) is 61.4. The molecule has 0 aromatic heterocycles. The van der Waals surface area contributed by atoms with E-state index < -0.39 is 0 Å². The predicted octanol–water partition coefficient (Wildman–Crippen LogP) is 10.8. The Balaban J connectivity index is 2.88. The number of hydrogen-bond donors (Lipinski definition) is 1. The molecule has 1 N–H and O–H groups in total. The maximum atomic E-state index is 11.7. The number of hydrogen-bond acceptors (Lipinski definition) is 3. The van der Waals surface area contributed by atoms with Gasteiger partial charge in [0.2, 0.25) is 0 Å². The number of ether oxygens (including phenoxy) is 1. The van der Waals surface area contributed by atoms with Crippen molar-refractivity contribution < 1.29 is 9.84 Å². The van der Waals surface area contributed by atoms with Gasteiger partial charge in [-0.05, 0) is 521 Å². The maximum Gasteiger partial charge on any atom is 0.136 e. The first kappa shape index (κ1) is 92.4. The molecule has 0 amide bonds. The highest BCUT2D eigenvalue weighted by Gasteiger charge is 2.23. The SMILES string of the molecule is C#CC#CC#CC#CC#CC#CC#CC#CC#Cc1cc(/C(=C(/CC)c2ccc(C#CC#CC#CC#CC#CC#CC)c(C#CC#CC#CC#CC#CC#CC#C)c2C#CC#CC#CC#CC#CC#CC#CC)c2ccc(O)c(C#CC#C)c2C#CC#CC)ccc1OCC(=C=C=C=C=C=C=C=C=C=C=C=C=C=C=C=C=C=C=C=C=C=C=C)N(C)C. The third-order valence-electron chi connectivity index (χ3n) is 11.8. The van der Waals surface area contributed by atoms with E-state index in [0.717, 1.165) is 0 Å². The van der Waals surface area contributed by atoms with Crippen LogP contribution in [0.2, 0.25) is 0 Å². The van der Waals surface area contributed by atoms with E-state index in [2.05, 4.69) is 506 Å². The second kappa shape index (κ2) is 65.5. The van der Waals surface area contributed by atoms with Gasteiger partial charge >= 0.3 is 0 Å². The smallest absolute Gasteiger partial charge is 0.136 e. The van der Waals surface area contributed by atoms with Gasteiger partial charge in [-0.15, -0.1) is 19.3 Å². The average molecular weight is 1500 g/mol. The Morgan fingerprint density at radius 1 is 0.322 bits per heavy atom. The lowest BCUT2D eigenvalue weighted by Gasteiger charge is -2.21. The van der Waals surface area contributed by atoms with E-state index in [9.17, 15) is 5.11 Å². The third-order valence-corrected chi connectivity index (χ3v) is 11.8. The van der Waals surface area contributed by atoms with Gasteiger partial charge in [0.1, 0.15) is 23.8 Å². The summed E-state index contributed by atoms with van der Waals surface area (Å²) in [6.45, 7) is 10.1. The van der Waals surface area contributed by atoms with Crippen LogP contribution in [0.4, 0.5) is 0 Å². The van der Waals surface area contributed by atoms with Crippen molar-refractivity contribution in [1.29, 1.82) is 0 Å². The van der Waals surface area contributed by atoms with Gasteiger partial charge in [0.05, 0.1) is 27.8 Å². The molecule has 3 rings (SSSR count). The van der Waals surface area contributed by atoms with Crippen molar-refractivity contribution in [2.24, 2.45) is 0 Å². The summed E-state index contributed by atoms with van der Waals surface area (Å²) in [4.78, 5) is 1.76. The molecule has 0 aliphatic carbocycles. The fraction of sp³-hybridized carbons (Fsp3) is 0.0678. The molecule has 524 valence electrons. The van der Waals surface area contributed by atoms with Crippen LogP contribution in [-0.4, -0.2) is 30.7 Å². The van der Waals surface area contributed by atoms with Crippen molar-refractivity contribution in [3.05, 3.63) is 231 Å². The monoisotopic (exact) mass is 1500 g/mol. The summed E-state index contributed by atoms with van der Waals surface area (Å²) in [5, 5.41) is 11.7. The normalized spacial score (nSPS) is 6.27. The highest BCUT2D eigenvalue weighted by atomic mass is 16.5. The van der Waals surface area contributed by atoms with Gasteiger partial charge in [0.25, 0.3) is 0 Å². The van der Waals surface area contributed by atoms with E-state index in [1.807, 2.05) is 19.1 Å². The Morgan fingerprint density at radius 3 is 1.00 bits per heavy atom. The van der Waals surface area contributed by atoms with E-state index in [1.54, 1.807) is 64.0 Å². The summed E-state index contributed by atoms with van der Waals surface area (Å²) in [5.74, 6) is 168. The highest BCUT2D eigenvalue weighted by Crippen LogP contribution is 2.41. The van der Waals surface area contributed by atoms with Gasteiger partial charge in [-0.1, -0.05) is 66.2 Å². The number of nitrogens with zero attached hydrogens (tertiary/aromatic N) is 1. The summed E-state index contributed by atoms with van der Waals surface area (Å²) in [7, 11) is 3.58. The van der Waals surface area contributed by atoms with Crippen LogP contribution in [0.25, 0.3) is 11.1 Å². The lowest BCUT2D eigenvalue weighted by atomic mass is 9.82. The highest BCUT2D eigenvalue weighted by molar-refractivity contribution is 6.02. The van der Waals surface area contributed by atoms with Crippen LogP contribution in [0.15, 0.2) is 181 Å². The Morgan fingerprint density at radius 2 is 0.628 bits per heavy atom. The quantitative estimate of drug-likeness (QED) is 0.139. The number of likely N-dealkylation sites (N-methyl/N-ethyl adjacent to an activating group) is 1. The lowest BCUT2D eigenvalue weighted by Crippen LogP contribution is -2.17. The predicted molar refractivity (Wildman–Crippen MR) is 474 cm³/mol. The zero-order chi connectivity index (χ0) is 86.8. The van der Waals surface area contributed by atoms with E-state index in [0.29, 0.717) is 50.2 Å². The second-order valence-electron chi connectivity index (χ2n) is 19.5. The Labute approximate surface area is 710 Å². The fourth-order valence-corrected chi connectivity index (χ4v) is 7.40. The van der Waals surface area contributed by atoms with Gasteiger partial charge in [-0.25, -0.2) is 0 Å². The molecular weight excluding hydrogens is 1460 g/mol. The van der Waals surface area contributed by atoms with Gasteiger partial charge in [0, 0.05) is 42.6 Å². The van der Waals surface area contributed by atoms with E-state index in [1.165, 1.54) is 6.07 Å².